The van der Waals surface area contributed by atoms with E-state index in [9.17, 15) is 14.0 Å². The molecule has 1 N–H and O–H groups in total. The van der Waals surface area contributed by atoms with Crippen LogP contribution in [-0.2, 0) is 9.59 Å². The molecule has 0 aliphatic carbocycles. The SMILES string of the molecule is CCOc1ccc(NC2=C(c3ccc(OC)c(OC)c3)C(=O)N(c3ccc(F)cc3)C2=O)cc1. The van der Waals surface area contributed by atoms with Gasteiger partial charge in [0.15, 0.2) is 11.5 Å². The van der Waals surface area contributed by atoms with Crippen LogP contribution in [-0.4, -0.2) is 32.6 Å². The first kappa shape index (κ1) is 22.8. The van der Waals surface area contributed by atoms with Crippen molar-refractivity contribution in [3.8, 4) is 17.2 Å². The minimum absolute atomic E-state index is 0.0886. The van der Waals surface area contributed by atoms with Crippen molar-refractivity contribution in [1.29, 1.82) is 0 Å². The number of rotatable bonds is 8. The highest BCUT2D eigenvalue weighted by atomic mass is 19.1. The number of carbonyl (C=O) groups is 2. The summed E-state index contributed by atoms with van der Waals surface area (Å²) in [7, 11) is 3.00. The molecule has 0 atom stereocenters. The first-order chi connectivity index (χ1) is 16.5. The minimum atomic E-state index is -0.560. The lowest BCUT2D eigenvalue weighted by Crippen LogP contribution is -2.32. The number of methoxy groups -OCH3 is 2. The average Bonchev–Trinajstić information content (AvgIpc) is 3.09. The summed E-state index contributed by atoms with van der Waals surface area (Å²) in [6.45, 7) is 2.42. The number of hydrogen-bond acceptors (Lipinski definition) is 6. The lowest BCUT2D eigenvalue weighted by molar-refractivity contribution is -0.120. The van der Waals surface area contributed by atoms with Crippen LogP contribution in [0.15, 0.2) is 72.4 Å². The maximum atomic E-state index is 13.5. The molecule has 174 valence electrons. The first-order valence-electron chi connectivity index (χ1n) is 10.6. The van der Waals surface area contributed by atoms with Gasteiger partial charge in [0.1, 0.15) is 17.3 Å². The van der Waals surface area contributed by atoms with Crippen molar-refractivity contribution in [2.75, 3.05) is 31.0 Å². The summed E-state index contributed by atoms with van der Waals surface area (Å²) in [5.41, 5.74) is 1.57. The average molecular weight is 462 g/mol. The van der Waals surface area contributed by atoms with Crippen molar-refractivity contribution in [2.24, 2.45) is 0 Å². The summed E-state index contributed by atoms with van der Waals surface area (Å²) in [6.07, 6.45) is 0. The Morgan fingerprint density at radius 1 is 0.853 bits per heavy atom. The van der Waals surface area contributed by atoms with Gasteiger partial charge in [-0.1, -0.05) is 6.07 Å². The molecule has 0 bridgehead atoms. The molecule has 1 aliphatic heterocycles. The molecule has 0 radical (unpaired) electrons. The molecular weight excluding hydrogens is 439 g/mol. The summed E-state index contributed by atoms with van der Waals surface area (Å²) >= 11 is 0. The number of halogens is 1. The highest BCUT2D eigenvalue weighted by molar-refractivity contribution is 6.46. The van der Waals surface area contributed by atoms with Gasteiger partial charge in [0, 0.05) is 5.69 Å². The highest BCUT2D eigenvalue weighted by Crippen LogP contribution is 2.37. The quantitative estimate of drug-likeness (QED) is 0.492. The fraction of sp³-hybridized carbons (Fsp3) is 0.154. The number of nitrogens with one attached hydrogen (secondary N) is 1. The summed E-state index contributed by atoms with van der Waals surface area (Å²) in [5.74, 6) is 0.00791. The maximum absolute atomic E-state index is 13.5. The van der Waals surface area contributed by atoms with Gasteiger partial charge in [-0.25, -0.2) is 9.29 Å². The number of benzene rings is 3. The summed E-state index contributed by atoms with van der Waals surface area (Å²) in [6, 6.07) is 17.2. The number of ether oxygens (including phenoxy) is 3. The van der Waals surface area contributed by atoms with Gasteiger partial charge in [0.05, 0.1) is 32.1 Å². The van der Waals surface area contributed by atoms with Crippen LogP contribution in [0.1, 0.15) is 12.5 Å². The van der Waals surface area contributed by atoms with E-state index in [4.69, 9.17) is 14.2 Å². The Hall–Kier alpha value is -4.33. The van der Waals surface area contributed by atoms with Crippen molar-refractivity contribution in [3.63, 3.8) is 0 Å². The molecular formula is C26H23FN2O5. The van der Waals surface area contributed by atoms with Crippen LogP contribution in [0.3, 0.4) is 0 Å². The van der Waals surface area contributed by atoms with Crippen LogP contribution >= 0.6 is 0 Å². The Balaban J connectivity index is 1.80. The molecule has 8 heteroatoms. The Kier molecular flexibility index (Phi) is 6.49. The lowest BCUT2D eigenvalue weighted by Gasteiger charge is -2.15. The first-order valence-corrected chi connectivity index (χ1v) is 10.6. The van der Waals surface area contributed by atoms with Gasteiger partial charge in [0.2, 0.25) is 0 Å². The molecule has 0 saturated carbocycles. The molecule has 2 amide bonds. The fourth-order valence-corrected chi connectivity index (χ4v) is 3.68. The zero-order valence-electron chi connectivity index (χ0n) is 18.9. The van der Waals surface area contributed by atoms with Gasteiger partial charge in [-0.05, 0) is 73.2 Å². The molecule has 34 heavy (non-hydrogen) atoms. The van der Waals surface area contributed by atoms with E-state index < -0.39 is 17.6 Å². The standard InChI is InChI=1S/C26H23FN2O5/c1-4-34-20-12-8-18(9-13-20)28-24-23(16-5-14-21(32-2)22(15-16)33-3)25(30)29(26(24)31)19-10-6-17(27)7-11-19/h5-15,28H,4H2,1-3H3. The van der Waals surface area contributed by atoms with Crippen molar-refractivity contribution >= 4 is 28.8 Å². The number of anilines is 2. The molecule has 4 rings (SSSR count). The molecule has 3 aromatic carbocycles. The second kappa shape index (κ2) is 9.66. The zero-order valence-corrected chi connectivity index (χ0v) is 18.9. The number of hydrogen-bond donors (Lipinski definition) is 1. The van der Waals surface area contributed by atoms with E-state index in [0.717, 1.165) is 4.90 Å². The fourth-order valence-electron chi connectivity index (χ4n) is 3.68. The third kappa shape index (κ3) is 4.30. The maximum Gasteiger partial charge on any atom is 0.282 e. The van der Waals surface area contributed by atoms with Crippen LogP contribution in [0.25, 0.3) is 5.57 Å². The molecule has 0 aromatic heterocycles. The Morgan fingerprint density at radius 2 is 1.53 bits per heavy atom. The minimum Gasteiger partial charge on any atom is -0.494 e. The van der Waals surface area contributed by atoms with E-state index in [2.05, 4.69) is 5.32 Å². The zero-order chi connectivity index (χ0) is 24.2. The van der Waals surface area contributed by atoms with Gasteiger partial charge < -0.3 is 19.5 Å². The van der Waals surface area contributed by atoms with Crippen LogP contribution in [0.2, 0.25) is 0 Å². The van der Waals surface area contributed by atoms with E-state index in [-0.39, 0.29) is 17.0 Å². The van der Waals surface area contributed by atoms with E-state index in [1.54, 1.807) is 42.5 Å². The molecule has 0 fully saturated rings. The Morgan fingerprint density at radius 3 is 2.15 bits per heavy atom. The molecule has 0 saturated heterocycles. The van der Waals surface area contributed by atoms with E-state index in [1.165, 1.54) is 38.5 Å². The third-order valence-electron chi connectivity index (χ3n) is 5.28. The van der Waals surface area contributed by atoms with Gasteiger partial charge in [-0.3, -0.25) is 9.59 Å². The van der Waals surface area contributed by atoms with E-state index in [0.29, 0.717) is 35.1 Å². The smallest absolute Gasteiger partial charge is 0.282 e. The Bertz CT molecular complexity index is 1250. The normalized spacial score (nSPS) is 13.4. The predicted molar refractivity (Wildman–Crippen MR) is 127 cm³/mol. The van der Waals surface area contributed by atoms with Crippen molar-refractivity contribution < 1.29 is 28.2 Å². The molecule has 0 unspecified atom stereocenters. The monoisotopic (exact) mass is 462 g/mol. The van der Waals surface area contributed by atoms with Gasteiger partial charge >= 0.3 is 0 Å². The molecule has 1 heterocycles. The van der Waals surface area contributed by atoms with E-state index in [1.807, 2.05) is 6.92 Å². The van der Waals surface area contributed by atoms with Crippen molar-refractivity contribution in [1.82, 2.24) is 0 Å². The third-order valence-corrected chi connectivity index (χ3v) is 5.28. The molecule has 0 spiro atoms. The summed E-state index contributed by atoms with van der Waals surface area (Å²) in [5, 5.41) is 3.08. The van der Waals surface area contributed by atoms with Crippen LogP contribution in [0, 0.1) is 5.82 Å². The van der Waals surface area contributed by atoms with Crippen LogP contribution in [0.5, 0.6) is 17.2 Å². The summed E-state index contributed by atoms with van der Waals surface area (Å²) < 4.78 is 29.6. The number of amides is 2. The van der Waals surface area contributed by atoms with Gasteiger partial charge in [0.25, 0.3) is 11.8 Å². The second-order valence-corrected chi connectivity index (χ2v) is 7.32. The number of imide groups is 1. The van der Waals surface area contributed by atoms with Gasteiger partial charge in [-0.2, -0.15) is 0 Å². The second-order valence-electron chi connectivity index (χ2n) is 7.32. The Labute approximate surface area is 196 Å². The van der Waals surface area contributed by atoms with Gasteiger partial charge in [-0.15, -0.1) is 0 Å². The topological polar surface area (TPSA) is 77.1 Å². The number of nitrogens with zero attached hydrogens (tertiary/aromatic N) is 1. The van der Waals surface area contributed by atoms with Crippen LogP contribution < -0.4 is 24.4 Å². The lowest BCUT2D eigenvalue weighted by atomic mass is 10.0. The molecule has 3 aromatic rings. The molecule has 1 aliphatic rings. The summed E-state index contributed by atoms with van der Waals surface area (Å²) in [4.78, 5) is 28.0. The number of carbonyl (C=O) groups excluding carboxylic acids is 2. The predicted octanol–water partition coefficient (Wildman–Crippen LogP) is 4.64. The molecule has 7 nitrogen and oxygen atoms in total. The van der Waals surface area contributed by atoms with Crippen molar-refractivity contribution in [3.05, 3.63) is 83.8 Å². The van der Waals surface area contributed by atoms with Crippen LogP contribution in [0.4, 0.5) is 15.8 Å². The van der Waals surface area contributed by atoms with Crippen molar-refractivity contribution in [2.45, 2.75) is 6.92 Å². The highest BCUT2D eigenvalue weighted by Gasteiger charge is 2.40. The van der Waals surface area contributed by atoms with E-state index >= 15 is 0 Å². The largest absolute Gasteiger partial charge is 0.494 e.